The third kappa shape index (κ3) is 3.57. The zero-order chi connectivity index (χ0) is 9.02. The van der Waals surface area contributed by atoms with Crippen LogP contribution in [0.25, 0.3) is 0 Å². The fourth-order valence-electron chi connectivity index (χ4n) is 0.528. The van der Waals surface area contributed by atoms with Crippen molar-refractivity contribution in [2.24, 2.45) is 5.73 Å². The lowest BCUT2D eigenvalue weighted by atomic mass is 10.2. The van der Waals surface area contributed by atoms with E-state index in [-0.39, 0.29) is 0 Å². The summed E-state index contributed by atoms with van der Waals surface area (Å²) in [5.41, 5.74) is 4.89. The minimum absolute atomic E-state index is 0.557. The van der Waals surface area contributed by atoms with Gasteiger partial charge in [-0.2, -0.15) is 0 Å². The third-order valence-electron chi connectivity index (χ3n) is 1.30. The Balaban J connectivity index is 3.84. The molecule has 1 amide bonds. The van der Waals surface area contributed by atoms with Crippen LogP contribution in [-0.2, 0) is 9.59 Å². The number of rotatable bonds is 4. The number of hydrogen-bond acceptors (Lipinski definition) is 3. The summed E-state index contributed by atoms with van der Waals surface area (Å²) < 4.78 is 0. The van der Waals surface area contributed by atoms with E-state index >= 15 is 0 Å². The molecule has 1 unspecified atom stereocenters. The first kappa shape index (κ1) is 9.90. The minimum Gasteiger partial charge on any atom is -0.480 e. The number of carboxylic acid groups (broad SMARTS) is 1. The largest absolute Gasteiger partial charge is 0.480 e. The van der Waals surface area contributed by atoms with Crippen molar-refractivity contribution in [1.82, 2.24) is 5.32 Å². The molecule has 0 heterocycles. The van der Waals surface area contributed by atoms with E-state index in [1.165, 1.54) is 13.8 Å². The highest BCUT2D eigenvalue weighted by atomic mass is 16.4. The second-order valence-electron chi connectivity index (χ2n) is 2.35. The fraction of sp³-hybridized carbons (Fsp3) is 0.667. The lowest BCUT2D eigenvalue weighted by molar-refractivity contribution is -0.139. The molecule has 5 nitrogen and oxygen atoms in total. The maximum atomic E-state index is 10.4. The summed E-state index contributed by atoms with van der Waals surface area (Å²) >= 11 is 0. The molecule has 0 rings (SSSR count). The van der Waals surface area contributed by atoms with Crippen LogP contribution in [0.15, 0.2) is 0 Å². The molecule has 0 aromatic carbocycles. The monoisotopic (exact) mass is 160 g/mol. The molecule has 0 saturated heterocycles. The molecule has 0 spiro atoms. The molecule has 0 aliphatic rings. The summed E-state index contributed by atoms with van der Waals surface area (Å²) in [7, 11) is 0. The number of carbonyl (C=O) groups excluding carboxylic acids is 1. The topological polar surface area (TPSA) is 92.4 Å². The van der Waals surface area contributed by atoms with Crippen molar-refractivity contribution in [3.63, 3.8) is 0 Å². The number of amides is 1. The number of nitrogens with two attached hydrogens (primary N) is 1. The Morgan fingerprint density at radius 1 is 1.36 bits per heavy atom. The van der Waals surface area contributed by atoms with Crippen molar-refractivity contribution >= 4 is 11.9 Å². The van der Waals surface area contributed by atoms with Crippen LogP contribution in [0, 0.1) is 0 Å². The maximum absolute atomic E-state index is 10.4. The van der Waals surface area contributed by atoms with E-state index in [2.05, 4.69) is 5.32 Å². The average molecular weight is 160 g/mol. The van der Waals surface area contributed by atoms with E-state index < -0.39 is 24.0 Å². The van der Waals surface area contributed by atoms with E-state index in [1.54, 1.807) is 0 Å². The zero-order valence-electron chi connectivity index (χ0n) is 6.50. The van der Waals surface area contributed by atoms with Crippen molar-refractivity contribution in [1.29, 1.82) is 0 Å². The van der Waals surface area contributed by atoms with Crippen molar-refractivity contribution in [2.45, 2.75) is 25.9 Å². The first-order valence-electron chi connectivity index (χ1n) is 3.23. The van der Waals surface area contributed by atoms with Gasteiger partial charge in [-0.1, -0.05) is 0 Å². The van der Waals surface area contributed by atoms with Crippen molar-refractivity contribution < 1.29 is 14.7 Å². The van der Waals surface area contributed by atoms with Gasteiger partial charge < -0.3 is 10.8 Å². The molecule has 0 radical (unpaired) electrons. The minimum atomic E-state index is -1.00. The first-order chi connectivity index (χ1) is 4.95. The number of hydrogen-bond donors (Lipinski definition) is 3. The van der Waals surface area contributed by atoms with E-state index in [9.17, 15) is 9.59 Å². The van der Waals surface area contributed by atoms with Crippen molar-refractivity contribution in [3.8, 4) is 0 Å². The Hall–Kier alpha value is -1.10. The van der Waals surface area contributed by atoms with Crippen molar-refractivity contribution in [3.05, 3.63) is 0 Å². The van der Waals surface area contributed by atoms with Gasteiger partial charge in [-0.05, 0) is 13.8 Å². The molecule has 2 atom stereocenters. The number of nitrogens with one attached hydrogen (secondary N) is 1. The highest BCUT2D eigenvalue weighted by Gasteiger charge is 2.16. The fourth-order valence-corrected chi connectivity index (χ4v) is 0.528. The normalized spacial score (nSPS) is 15.5. The molecule has 64 valence electrons. The molecular formula is C6H12N2O3. The van der Waals surface area contributed by atoms with Gasteiger partial charge >= 0.3 is 5.97 Å². The molecule has 0 aliphatic carbocycles. The standard InChI is InChI=1S/C6H12N2O3/c1-3(5(7)9)8-4(2)6(10)11/h3-4,8H,1-2H3,(H2,7,9)(H,10,11)/t3?,4-/m0/s1. The molecule has 0 bridgehead atoms. The van der Waals surface area contributed by atoms with Crippen LogP contribution in [-0.4, -0.2) is 29.1 Å². The van der Waals surface area contributed by atoms with E-state index in [0.29, 0.717) is 0 Å². The van der Waals surface area contributed by atoms with Crippen LogP contribution in [0.1, 0.15) is 13.8 Å². The Morgan fingerprint density at radius 2 is 1.82 bits per heavy atom. The SMILES string of the molecule is CC(N[C@@H](C)C(=O)O)C(N)=O. The Bertz CT molecular complexity index is 151. The Kier molecular flexibility index (Phi) is 3.53. The second kappa shape index (κ2) is 3.92. The van der Waals surface area contributed by atoms with Gasteiger partial charge in [0, 0.05) is 0 Å². The van der Waals surface area contributed by atoms with Gasteiger partial charge in [-0.15, -0.1) is 0 Å². The third-order valence-corrected chi connectivity index (χ3v) is 1.30. The van der Waals surface area contributed by atoms with E-state index in [1.807, 2.05) is 0 Å². The highest BCUT2D eigenvalue weighted by molar-refractivity contribution is 5.81. The highest BCUT2D eigenvalue weighted by Crippen LogP contribution is 1.85. The molecular weight excluding hydrogens is 148 g/mol. The number of carbonyl (C=O) groups is 2. The molecule has 0 fully saturated rings. The number of aliphatic carboxylic acids is 1. The van der Waals surface area contributed by atoms with Gasteiger partial charge in [0.2, 0.25) is 5.91 Å². The summed E-state index contributed by atoms with van der Waals surface area (Å²) in [5, 5.41) is 10.9. The lowest BCUT2D eigenvalue weighted by Gasteiger charge is -2.12. The predicted octanol–water partition coefficient (Wildman–Crippen LogP) is -1.08. The second-order valence-corrected chi connectivity index (χ2v) is 2.35. The molecule has 11 heavy (non-hydrogen) atoms. The van der Waals surface area contributed by atoms with Gasteiger partial charge in [0.05, 0.1) is 6.04 Å². The summed E-state index contributed by atoms with van der Waals surface area (Å²) in [6.45, 7) is 2.96. The molecule has 0 aromatic heterocycles. The molecule has 5 heteroatoms. The van der Waals surface area contributed by atoms with E-state index in [0.717, 1.165) is 0 Å². The van der Waals surface area contributed by atoms with Crippen LogP contribution >= 0.6 is 0 Å². The van der Waals surface area contributed by atoms with Crippen LogP contribution in [0.5, 0.6) is 0 Å². The van der Waals surface area contributed by atoms with Gasteiger partial charge in [-0.3, -0.25) is 14.9 Å². The van der Waals surface area contributed by atoms with Crippen LogP contribution < -0.4 is 11.1 Å². The summed E-state index contributed by atoms with van der Waals surface area (Å²) in [4.78, 5) is 20.7. The lowest BCUT2D eigenvalue weighted by Crippen LogP contribution is -2.46. The smallest absolute Gasteiger partial charge is 0.320 e. The predicted molar refractivity (Wildman–Crippen MR) is 38.9 cm³/mol. The van der Waals surface area contributed by atoms with Gasteiger partial charge in [0.15, 0.2) is 0 Å². The molecule has 0 aliphatic heterocycles. The maximum Gasteiger partial charge on any atom is 0.320 e. The number of carboxylic acids is 1. The quantitative estimate of drug-likeness (QED) is 0.488. The molecule has 0 aromatic rings. The Morgan fingerprint density at radius 3 is 2.09 bits per heavy atom. The average Bonchev–Trinajstić information content (AvgIpc) is 1.87. The van der Waals surface area contributed by atoms with Gasteiger partial charge in [-0.25, -0.2) is 0 Å². The first-order valence-corrected chi connectivity index (χ1v) is 3.23. The summed E-state index contributed by atoms with van der Waals surface area (Å²) in [6, 6.07) is -1.36. The van der Waals surface area contributed by atoms with E-state index in [4.69, 9.17) is 10.8 Å². The van der Waals surface area contributed by atoms with Crippen LogP contribution in [0.4, 0.5) is 0 Å². The summed E-state index contributed by atoms with van der Waals surface area (Å²) in [6.07, 6.45) is 0. The van der Waals surface area contributed by atoms with Crippen molar-refractivity contribution in [2.75, 3.05) is 0 Å². The summed E-state index contributed by atoms with van der Waals surface area (Å²) in [5.74, 6) is -1.56. The zero-order valence-corrected chi connectivity index (χ0v) is 6.50. The Labute approximate surface area is 64.6 Å². The van der Waals surface area contributed by atoms with Crippen LogP contribution in [0.2, 0.25) is 0 Å². The molecule has 4 N–H and O–H groups in total. The van der Waals surface area contributed by atoms with Gasteiger partial charge in [0.25, 0.3) is 0 Å². The van der Waals surface area contributed by atoms with Gasteiger partial charge in [0.1, 0.15) is 6.04 Å². The van der Waals surface area contributed by atoms with Crippen LogP contribution in [0.3, 0.4) is 0 Å². The molecule has 0 saturated carbocycles. The number of primary amides is 1.